The van der Waals surface area contributed by atoms with E-state index in [1.54, 1.807) is 5.57 Å². The number of hydrogen-bond acceptors (Lipinski definition) is 0. The van der Waals surface area contributed by atoms with E-state index in [0.29, 0.717) is 11.1 Å². The first-order chi connectivity index (χ1) is 13.6. The molecule has 0 N–H and O–H groups in total. The number of hydrogen-bond donors (Lipinski definition) is 0. The summed E-state index contributed by atoms with van der Waals surface area (Å²) < 4.78 is 0. The quantitative estimate of drug-likeness (QED) is 0.329. The van der Waals surface area contributed by atoms with Crippen molar-refractivity contribution in [2.45, 2.75) is 30.6 Å². The van der Waals surface area contributed by atoms with Crippen molar-refractivity contribution < 1.29 is 0 Å². The summed E-state index contributed by atoms with van der Waals surface area (Å²) in [4.78, 5) is 0. The summed E-state index contributed by atoms with van der Waals surface area (Å²) in [6, 6.07) is 27.1. The van der Waals surface area contributed by atoms with Crippen molar-refractivity contribution in [3.63, 3.8) is 0 Å². The van der Waals surface area contributed by atoms with Gasteiger partial charge in [-0.25, -0.2) is 0 Å². The standard InChI is InChI=1S/C27H26Si/c1-4-11-20-18-19-12-5-6-13-21(19)26(20)28(2,3)27-24-16-9-7-14-22(24)23-15-8-10-17-25(23)27/h4-10,12-18,26-27H,1,11H2,2-3H3. The lowest BCUT2D eigenvalue weighted by atomic mass is 10.1. The van der Waals surface area contributed by atoms with Crippen LogP contribution >= 0.6 is 0 Å². The molecule has 28 heavy (non-hydrogen) atoms. The molecule has 1 unspecified atom stereocenters. The highest BCUT2D eigenvalue weighted by Gasteiger charge is 2.48. The lowest BCUT2D eigenvalue weighted by molar-refractivity contribution is 0.960. The van der Waals surface area contributed by atoms with E-state index in [2.05, 4.69) is 105 Å². The Balaban J connectivity index is 1.71. The second-order valence-corrected chi connectivity index (χ2v) is 13.5. The van der Waals surface area contributed by atoms with E-state index in [-0.39, 0.29) is 0 Å². The third-order valence-electron chi connectivity index (χ3n) is 6.72. The van der Waals surface area contributed by atoms with Crippen LogP contribution < -0.4 is 0 Å². The lowest BCUT2D eigenvalue weighted by Crippen LogP contribution is -2.42. The van der Waals surface area contributed by atoms with Crippen LogP contribution in [0.4, 0.5) is 0 Å². The van der Waals surface area contributed by atoms with Crippen LogP contribution in [0.15, 0.2) is 91.0 Å². The summed E-state index contributed by atoms with van der Waals surface area (Å²) >= 11 is 0. The fraction of sp³-hybridized carbons (Fsp3) is 0.185. The molecule has 0 fully saturated rings. The van der Waals surface area contributed by atoms with Crippen LogP contribution in [-0.2, 0) is 0 Å². The average Bonchev–Trinajstić information content (AvgIpc) is 3.24. The minimum Gasteiger partial charge on any atom is -0.103 e. The molecule has 0 saturated heterocycles. The first kappa shape index (κ1) is 17.5. The maximum Gasteiger partial charge on any atom is 0.0726 e. The molecule has 0 heterocycles. The van der Waals surface area contributed by atoms with E-state index in [1.807, 2.05) is 0 Å². The number of benzene rings is 3. The molecule has 0 nitrogen and oxygen atoms in total. The molecule has 0 aliphatic heterocycles. The van der Waals surface area contributed by atoms with Crippen LogP contribution in [-0.4, -0.2) is 8.07 Å². The molecule has 2 aliphatic carbocycles. The van der Waals surface area contributed by atoms with Gasteiger partial charge in [-0.15, -0.1) is 6.58 Å². The highest BCUT2D eigenvalue weighted by Crippen LogP contribution is 2.55. The van der Waals surface area contributed by atoms with Crippen molar-refractivity contribution in [1.29, 1.82) is 0 Å². The van der Waals surface area contributed by atoms with Crippen LogP contribution in [0.25, 0.3) is 17.2 Å². The van der Waals surface area contributed by atoms with Gasteiger partial charge in [0, 0.05) is 11.1 Å². The summed E-state index contributed by atoms with van der Waals surface area (Å²) in [5.41, 5.74) is 11.5. The summed E-state index contributed by atoms with van der Waals surface area (Å²) in [7, 11) is -1.81. The molecule has 1 heteroatoms. The molecule has 3 aromatic rings. The van der Waals surface area contributed by atoms with E-state index in [1.165, 1.54) is 33.4 Å². The Labute approximate surface area is 169 Å². The molecule has 5 rings (SSSR count). The first-order valence-corrected chi connectivity index (χ1v) is 13.4. The SMILES string of the molecule is C=CCC1=Cc2ccccc2C1[Si](C)(C)C1c2ccccc2-c2ccccc21. The highest BCUT2D eigenvalue weighted by molar-refractivity contribution is 6.82. The van der Waals surface area contributed by atoms with E-state index < -0.39 is 8.07 Å². The molecule has 2 aliphatic rings. The summed E-state index contributed by atoms with van der Waals surface area (Å²) in [5, 5.41) is 0. The molecular formula is C27H26Si. The van der Waals surface area contributed by atoms with Gasteiger partial charge in [0.25, 0.3) is 0 Å². The second kappa shape index (κ2) is 6.46. The van der Waals surface area contributed by atoms with Gasteiger partial charge >= 0.3 is 0 Å². The van der Waals surface area contributed by atoms with Crippen LogP contribution in [0.2, 0.25) is 13.1 Å². The Morgan fingerprint density at radius 2 is 1.29 bits per heavy atom. The largest absolute Gasteiger partial charge is 0.103 e. The van der Waals surface area contributed by atoms with Gasteiger partial charge in [-0.05, 0) is 39.8 Å². The number of fused-ring (bicyclic) bond motifs is 4. The Morgan fingerprint density at radius 1 is 0.750 bits per heavy atom. The molecular weight excluding hydrogens is 352 g/mol. The smallest absolute Gasteiger partial charge is 0.0726 e. The molecule has 0 radical (unpaired) electrons. The monoisotopic (exact) mass is 378 g/mol. The predicted octanol–water partition coefficient (Wildman–Crippen LogP) is 7.34. The summed E-state index contributed by atoms with van der Waals surface area (Å²) in [6.07, 6.45) is 5.49. The molecule has 0 saturated carbocycles. The van der Waals surface area contributed by atoms with Crippen molar-refractivity contribution in [1.82, 2.24) is 0 Å². The zero-order chi connectivity index (χ0) is 19.3. The Hall–Kier alpha value is -2.64. The van der Waals surface area contributed by atoms with Gasteiger partial charge in [0.05, 0.1) is 8.07 Å². The average molecular weight is 379 g/mol. The van der Waals surface area contributed by atoms with Gasteiger partial charge in [0.1, 0.15) is 0 Å². The van der Waals surface area contributed by atoms with Gasteiger partial charge < -0.3 is 0 Å². The van der Waals surface area contributed by atoms with Gasteiger partial charge in [0.15, 0.2) is 0 Å². The molecule has 0 aromatic heterocycles. The third-order valence-corrected chi connectivity index (χ3v) is 11.0. The summed E-state index contributed by atoms with van der Waals surface area (Å²) in [6.45, 7) is 9.24. The molecule has 1 atom stereocenters. The topological polar surface area (TPSA) is 0 Å². The normalized spacial score (nSPS) is 17.6. The fourth-order valence-electron chi connectivity index (χ4n) is 5.73. The minimum atomic E-state index is -1.81. The molecule has 0 bridgehead atoms. The van der Waals surface area contributed by atoms with Crippen LogP contribution in [0.3, 0.4) is 0 Å². The molecule has 3 aromatic carbocycles. The first-order valence-electron chi connectivity index (χ1n) is 10.2. The van der Waals surface area contributed by atoms with Crippen LogP contribution in [0.1, 0.15) is 39.8 Å². The van der Waals surface area contributed by atoms with Crippen molar-refractivity contribution in [3.05, 3.63) is 113 Å². The van der Waals surface area contributed by atoms with Gasteiger partial charge in [-0.3, -0.25) is 0 Å². The molecule has 0 amide bonds. The lowest BCUT2D eigenvalue weighted by Gasteiger charge is -2.39. The number of rotatable bonds is 4. The predicted molar refractivity (Wildman–Crippen MR) is 123 cm³/mol. The Morgan fingerprint density at radius 3 is 1.89 bits per heavy atom. The van der Waals surface area contributed by atoms with Gasteiger partial charge in [-0.2, -0.15) is 0 Å². The third kappa shape index (κ3) is 2.43. The van der Waals surface area contributed by atoms with E-state index in [9.17, 15) is 0 Å². The maximum atomic E-state index is 4.05. The fourth-order valence-corrected chi connectivity index (χ4v) is 10.4. The van der Waals surface area contributed by atoms with Crippen LogP contribution in [0, 0.1) is 0 Å². The highest BCUT2D eigenvalue weighted by atomic mass is 28.3. The van der Waals surface area contributed by atoms with Gasteiger partial charge in [0.2, 0.25) is 0 Å². The van der Waals surface area contributed by atoms with Crippen LogP contribution in [0.5, 0.6) is 0 Å². The van der Waals surface area contributed by atoms with Gasteiger partial charge in [-0.1, -0.05) is 104 Å². The second-order valence-electron chi connectivity index (χ2n) is 8.70. The van der Waals surface area contributed by atoms with E-state index >= 15 is 0 Å². The zero-order valence-electron chi connectivity index (χ0n) is 16.7. The number of allylic oxidation sites excluding steroid dienone is 2. The molecule has 0 spiro atoms. The van der Waals surface area contributed by atoms with Crippen molar-refractivity contribution in [2.24, 2.45) is 0 Å². The zero-order valence-corrected chi connectivity index (χ0v) is 17.7. The molecule has 138 valence electrons. The Kier molecular flexibility index (Phi) is 4.03. The van der Waals surface area contributed by atoms with Crippen molar-refractivity contribution in [3.8, 4) is 11.1 Å². The maximum absolute atomic E-state index is 4.05. The minimum absolute atomic E-state index is 0.518. The summed E-state index contributed by atoms with van der Waals surface area (Å²) in [5.74, 6) is 0. The van der Waals surface area contributed by atoms with Crippen molar-refractivity contribution >= 4 is 14.1 Å². The van der Waals surface area contributed by atoms with Crippen molar-refractivity contribution in [2.75, 3.05) is 0 Å². The Bertz CT molecular complexity index is 1060. The van der Waals surface area contributed by atoms with E-state index in [0.717, 1.165) is 6.42 Å². The van der Waals surface area contributed by atoms with E-state index in [4.69, 9.17) is 0 Å².